The van der Waals surface area contributed by atoms with Crippen molar-refractivity contribution in [2.45, 2.75) is 13.1 Å². The van der Waals surface area contributed by atoms with Crippen LogP contribution < -0.4 is 14.8 Å². The summed E-state index contributed by atoms with van der Waals surface area (Å²) >= 11 is 1.63. The first-order valence-corrected chi connectivity index (χ1v) is 9.39. The van der Waals surface area contributed by atoms with Crippen molar-refractivity contribution < 1.29 is 14.3 Å². The maximum atomic E-state index is 13.0. The predicted octanol–water partition coefficient (Wildman–Crippen LogP) is 4.34. The molecule has 2 aromatic heterocycles. The van der Waals surface area contributed by atoms with Crippen molar-refractivity contribution in [3.8, 4) is 11.5 Å². The molecule has 3 aromatic rings. The van der Waals surface area contributed by atoms with Gasteiger partial charge in [0.15, 0.2) is 0 Å². The molecule has 0 aliphatic carbocycles. The summed E-state index contributed by atoms with van der Waals surface area (Å²) in [4.78, 5) is 15.9. The SMILES string of the molecule is COc1ccc(NC(=O)N(Cc2cccs2)Cc2cccn2C)c(OC)c1. The molecule has 6 nitrogen and oxygen atoms in total. The van der Waals surface area contributed by atoms with Gasteiger partial charge in [0.2, 0.25) is 0 Å². The van der Waals surface area contributed by atoms with Crippen molar-refractivity contribution in [3.05, 3.63) is 64.6 Å². The summed E-state index contributed by atoms with van der Waals surface area (Å²) in [6.45, 7) is 1.04. The fourth-order valence-electron chi connectivity index (χ4n) is 2.74. The Kier molecular flexibility index (Phi) is 6.03. The quantitative estimate of drug-likeness (QED) is 0.658. The number of nitrogens with one attached hydrogen (secondary N) is 1. The smallest absolute Gasteiger partial charge is 0.322 e. The molecule has 2 heterocycles. The van der Waals surface area contributed by atoms with E-state index in [-0.39, 0.29) is 6.03 Å². The van der Waals surface area contributed by atoms with Crippen molar-refractivity contribution in [2.24, 2.45) is 7.05 Å². The molecule has 0 saturated heterocycles. The molecule has 0 aliphatic rings. The molecule has 0 radical (unpaired) electrons. The average Bonchev–Trinajstić information content (AvgIpc) is 3.33. The summed E-state index contributed by atoms with van der Waals surface area (Å²) in [6, 6.07) is 13.1. The molecule has 27 heavy (non-hydrogen) atoms. The first kappa shape index (κ1) is 18.8. The molecule has 0 spiro atoms. The fraction of sp³-hybridized carbons (Fsp3) is 0.250. The molecule has 142 valence electrons. The van der Waals surface area contributed by atoms with Gasteiger partial charge in [0.25, 0.3) is 0 Å². The lowest BCUT2D eigenvalue weighted by molar-refractivity contribution is 0.205. The molecule has 1 N–H and O–H groups in total. The Bertz CT molecular complexity index is 890. The number of methoxy groups -OCH3 is 2. The van der Waals surface area contributed by atoms with E-state index >= 15 is 0 Å². The third kappa shape index (κ3) is 4.62. The number of carbonyl (C=O) groups is 1. The molecule has 2 amide bonds. The number of anilines is 1. The monoisotopic (exact) mass is 385 g/mol. The Morgan fingerprint density at radius 1 is 1.15 bits per heavy atom. The van der Waals surface area contributed by atoms with Gasteiger partial charge in [0, 0.05) is 29.9 Å². The van der Waals surface area contributed by atoms with Crippen LogP contribution in [0, 0.1) is 0 Å². The van der Waals surface area contributed by atoms with Gasteiger partial charge < -0.3 is 24.3 Å². The second-order valence-corrected chi connectivity index (χ2v) is 7.07. The van der Waals surface area contributed by atoms with E-state index in [2.05, 4.69) is 5.32 Å². The lowest BCUT2D eigenvalue weighted by Crippen LogP contribution is -2.34. The molecule has 0 fully saturated rings. The number of rotatable bonds is 7. The van der Waals surface area contributed by atoms with Crippen LogP contribution >= 0.6 is 11.3 Å². The third-order valence-corrected chi connectivity index (χ3v) is 5.13. The Morgan fingerprint density at radius 2 is 2.00 bits per heavy atom. The predicted molar refractivity (Wildman–Crippen MR) is 108 cm³/mol. The molecular weight excluding hydrogens is 362 g/mol. The highest BCUT2D eigenvalue weighted by Crippen LogP contribution is 2.29. The fourth-order valence-corrected chi connectivity index (χ4v) is 3.46. The highest BCUT2D eigenvalue weighted by Gasteiger charge is 2.18. The highest BCUT2D eigenvalue weighted by atomic mass is 32.1. The van der Waals surface area contributed by atoms with Crippen molar-refractivity contribution in [2.75, 3.05) is 19.5 Å². The number of benzene rings is 1. The number of aromatic nitrogens is 1. The van der Waals surface area contributed by atoms with Gasteiger partial charge in [0.1, 0.15) is 11.5 Å². The Balaban J connectivity index is 1.81. The molecule has 0 bridgehead atoms. The van der Waals surface area contributed by atoms with Gasteiger partial charge in [-0.1, -0.05) is 6.07 Å². The van der Waals surface area contributed by atoms with Crippen LogP contribution in [0.25, 0.3) is 0 Å². The zero-order valence-electron chi connectivity index (χ0n) is 15.6. The number of hydrogen-bond acceptors (Lipinski definition) is 4. The zero-order chi connectivity index (χ0) is 19.2. The Hall–Kier alpha value is -2.93. The van der Waals surface area contributed by atoms with Crippen LogP contribution in [0.1, 0.15) is 10.6 Å². The first-order valence-electron chi connectivity index (χ1n) is 8.51. The van der Waals surface area contributed by atoms with E-state index < -0.39 is 0 Å². The number of urea groups is 1. The molecule has 0 atom stereocenters. The normalized spacial score (nSPS) is 10.5. The number of nitrogens with zero attached hydrogens (tertiary/aromatic N) is 2. The van der Waals surface area contributed by atoms with Crippen molar-refractivity contribution in [3.63, 3.8) is 0 Å². The van der Waals surface area contributed by atoms with Crippen LogP contribution in [-0.2, 0) is 20.1 Å². The van der Waals surface area contributed by atoms with E-state index in [4.69, 9.17) is 9.47 Å². The maximum Gasteiger partial charge on any atom is 0.322 e. The minimum Gasteiger partial charge on any atom is -0.497 e. The van der Waals surface area contributed by atoms with Gasteiger partial charge in [0.05, 0.1) is 33.0 Å². The van der Waals surface area contributed by atoms with E-state index in [9.17, 15) is 4.79 Å². The summed E-state index contributed by atoms with van der Waals surface area (Å²) in [5, 5.41) is 4.97. The average molecular weight is 385 g/mol. The number of hydrogen-bond donors (Lipinski definition) is 1. The number of ether oxygens (including phenoxy) is 2. The number of aryl methyl sites for hydroxylation is 1. The lowest BCUT2D eigenvalue weighted by atomic mass is 10.2. The standard InChI is InChI=1S/C20H23N3O3S/c1-22-10-4-6-15(22)13-23(14-17-7-5-11-27-17)20(24)21-18-9-8-16(25-2)12-19(18)26-3/h4-12H,13-14H2,1-3H3,(H,21,24). The topological polar surface area (TPSA) is 55.7 Å². The van der Waals surface area contributed by atoms with Crippen molar-refractivity contribution in [1.82, 2.24) is 9.47 Å². The van der Waals surface area contributed by atoms with Crippen molar-refractivity contribution in [1.29, 1.82) is 0 Å². The van der Waals surface area contributed by atoms with Crippen LogP contribution in [0.15, 0.2) is 54.0 Å². The van der Waals surface area contributed by atoms with Gasteiger partial charge in [-0.15, -0.1) is 11.3 Å². The zero-order valence-corrected chi connectivity index (χ0v) is 16.5. The van der Waals surface area contributed by atoms with Crippen LogP contribution in [0.5, 0.6) is 11.5 Å². The number of amides is 2. The number of carbonyl (C=O) groups excluding carboxylic acids is 1. The third-order valence-electron chi connectivity index (χ3n) is 4.27. The second-order valence-electron chi connectivity index (χ2n) is 6.04. The van der Waals surface area contributed by atoms with Gasteiger partial charge >= 0.3 is 6.03 Å². The van der Waals surface area contributed by atoms with E-state index in [1.807, 2.05) is 47.5 Å². The summed E-state index contributed by atoms with van der Waals surface area (Å²) in [5.74, 6) is 1.22. The molecule has 0 aliphatic heterocycles. The highest BCUT2D eigenvalue weighted by molar-refractivity contribution is 7.09. The summed E-state index contributed by atoms with van der Waals surface area (Å²) < 4.78 is 12.6. The minimum atomic E-state index is -0.187. The summed E-state index contributed by atoms with van der Waals surface area (Å²) in [6.07, 6.45) is 1.98. The summed E-state index contributed by atoms with van der Waals surface area (Å²) in [7, 11) is 5.14. The Morgan fingerprint density at radius 3 is 2.63 bits per heavy atom. The van der Waals surface area contributed by atoms with Gasteiger partial charge in [-0.3, -0.25) is 0 Å². The molecule has 0 unspecified atom stereocenters. The Labute approximate surface area is 162 Å². The van der Waals surface area contributed by atoms with Crippen molar-refractivity contribution >= 4 is 23.1 Å². The van der Waals surface area contributed by atoms with Crippen LogP contribution in [0.2, 0.25) is 0 Å². The van der Waals surface area contributed by atoms with Gasteiger partial charge in [-0.05, 0) is 35.7 Å². The summed E-state index contributed by atoms with van der Waals surface area (Å²) in [5.41, 5.74) is 1.66. The molecule has 0 saturated carbocycles. The minimum absolute atomic E-state index is 0.187. The number of thiophene rings is 1. The van der Waals surface area contributed by atoms with E-state index in [1.165, 1.54) is 0 Å². The van der Waals surface area contributed by atoms with Crippen LogP contribution in [-0.4, -0.2) is 29.7 Å². The lowest BCUT2D eigenvalue weighted by Gasteiger charge is -2.23. The molecule has 1 aromatic carbocycles. The molecular formula is C20H23N3O3S. The van der Waals surface area contributed by atoms with E-state index in [0.717, 1.165) is 10.6 Å². The largest absolute Gasteiger partial charge is 0.497 e. The first-order chi connectivity index (χ1) is 13.1. The molecule has 3 rings (SSSR count). The van der Waals surface area contributed by atoms with Gasteiger partial charge in [-0.2, -0.15) is 0 Å². The van der Waals surface area contributed by atoms with Gasteiger partial charge in [-0.25, -0.2) is 4.79 Å². The molecule has 7 heteroatoms. The second kappa shape index (κ2) is 8.64. The van der Waals surface area contributed by atoms with Crippen LogP contribution in [0.3, 0.4) is 0 Å². The van der Waals surface area contributed by atoms with E-state index in [0.29, 0.717) is 30.3 Å². The maximum absolute atomic E-state index is 13.0. The van der Waals surface area contributed by atoms with Crippen LogP contribution in [0.4, 0.5) is 10.5 Å². The van der Waals surface area contributed by atoms with E-state index in [1.54, 1.807) is 48.7 Å².